The predicted octanol–water partition coefficient (Wildman–Crippen LogP) is 0.986. The third-order valence-corrected chi connectivity index (χ3v) is 1.56. The van der Waals surface area contributed by atoms with Gasteiger partial charge in [0.15, 0.2) is 0 Å². The monoisotopic (exact) mass is 144 g/mol. The molecular weight excluding hydrogens is 124 g/mol. The van der Waals surface area contributed by atoms with E-state index in [1.54, 1.807) is 0 Å². The van der Waals surface area contributed by atoms with Crippen molar-refractivity contribution in [2.24, 2.45) is 0 Å². The van der Waals surface area contributed by atoms with Gasteiger partial charge in [0, 0.05) is 0 Å². The van der Waals surface area contributed by atoms with Gasteiger partial charge < -0.3 is 10.6 Å². The van der Waals surface area contributed by atoms with E-state index in [1.807, 2.05) is 7.05 Å². The lowest BCUT2D eigenvalue weighted by Crippen LogP contribution is -2.21. The first-order valence-electron chi connectivity index (χ1n) is 4.27. The highest BCUT2D eigenvalue weighted by Gasteiger charge is 1.93. The van der Waals surface area contributed by atoms with Crippen LogP contribution in [-0.2, 0) is 0 Å². The van der Waals surface area contributed by atoms with E-state index in [0.717, 1.165) is 6.54 Å². The number of hydrogen-bond acceptors (Lipinski definition) is 2. The maximum Gasteiger partial charge on any atom is -0.00489 e. The lowest BCUT2D eigenvalue weighted by Gasteiger charge is -2.08. The zero-order valence-corrected chi connectivity index (χ0v) is 7.24. The topological polar surface area (TPSA) is 24.1 Å². The number of hydrogen-bond donors (Lipinski definition) is 2. The Morgan fingerprint density at radius 2 is 1.70 bits per heavy atom. The summed E-state index contributed by atoms with van der Waals surface area (Å²) in [4.78, 5) is 0. The maximum atomic E-state index is 3.28. The summed E-state index contributed by atoms with van der Waals surface area (Å²) in [5, 5.41) is 6.22. The van der Waals surface area contributed by atoms with Gasteiger partial charge in [-0.05, 0) is 39.5 Å². The van der Waals surface area contributed by atoms with E-state index in [1.165, 1.54) is 32.4 Å². The quantitative estimate of drug-likeness (QED) is 0.573. The highest BCUT2D eigenvalue weighted by atomic mass is 14.9. The second kappa shape index (κ2) is 8.92. The summed E-state index contributed by atoms with van der Waals surface area (Å²) < 4.78 is 0. The van der Waals surface area contributed by atoms with E-state index in [-0.39, 0.29) is 0 Å². The second-order valence-electron chi connectivity index (χ2n) is 2.52. The molecule has 0 aromatic rings. The molecule has 1 rings (SSSR count). The van der Waals surface area contributed by atoms with Gasteiger partial charge in [-0.2, -0.15) is 0 Å². The Hall–Kier alpha value is -0.0800. The van der Waals surface area contributed by atoms with Gasteiger partial charge in [-0.15, -0.1) is 0 Å². The van der Waals surface area contributed by atoms with Crippen LogP contribution in [0, 0.1) is 0 Å². The van der Waals surface area contributed by atoms with Crippen LogP contribution in [0.1, 0.15) is 26.2 Å². The molecule has 0 unspecified atom stereocenters. The van der Waals surface area contributed by atoms with Crippen LogP contribution in [0.4, 0.5) is 0 Å². The van der Waals surface area contributed by atoms with E-state index in [0.29, 0.717) is 0 Å². The molecule has 10 heavy (non-hydrogen) atoms. The minimum Gasteiger partial charge on any atom is -0.320 e. The minimum absolute atomic E-state index is 1.07. The molecular formula is C8H20N2. The number of piperidine rings is 1. The van der Waals surface area contributed by atoms with Crippen LogP contribution in [0.25, 0.3) is 0 Å². The van der Waals surface area contributed by atoms with Crippen molar-refractivity contribution in [2.75, 3.05) is 26.7 Å². The SMILES string of the molecule is C1CCNCC1.CCNC. The smallest absolute Gasteiger partial charge is 0.00489 e. The molecule has 0 aromatic carbocycles. The van der Waals surface area contributed by atoms with Gasteiger partial charge in [0.1, 0.15) is 0 Å². The van der Waals surface area contributed by atoms with Gasteiger partial charge >= 0.3 is 0 Å². The van der Waals surface area contributed by atoms with Crippen molar-refractivity contribution in [2.45, 2.75) is 26.2 Å². The molecule has 1 heterocycles. The molecule has 1 saturated heterocycles. The fourth-order valence-electron chi connectivity index (χ4n) is 0.802. The summed E-state index contributed by atoms with van der Waals surface area (Å²) in [6, 6.07) is 0. The van der Waals surface area contributed by atoms with Gasteiger partial charge in [-0.3, -0.25) is 0 Å². The molecule has 0 radical (unpaired) electrons. The Morgan fingerprint density at radius 1 is 1.20 bits per heavy atom. The summed E-state index contributed by atoms with van der Waals surface area (Å²) in [6.07, 6.45) is 4.22. The number of rotatable bonds is 1. The van der Waals surface area contributed by atoms with Crippen LogP contribution in [0.5, 0.6) is 0 Å². The molecule has 0 aromatic heterocycles. The molecule has 62 valence electrons. The van der Waals surface area contributed by atoms with Crippen LogP contribution in [0.15, 0.2) is 0 Å². The van der Waals surface area contributed by atoms with Crippen molar-refractivity contribution in [3.63, 3.8) is 0 Å². The number of nitrogens with one attached hydrogen (secondary N) is 2. The van der Waals surface area contributed by atoms with E-state index in [4.69, 9.17) is 0 Å². The van der Waals surface area contributed by atoms with Crippen molar-refractivity contribution < 1.29 is 0 Å². The molecule has 1 fully saturated rings. The zero-order valence-electron chi connectivity index (χ0n) is 7.24. The average molecular weight is 144 g/mol. The summed E-state index contributed by atoms with van der Waals surface area (Å²) in [7, 11) is 1.93. The summed E-state index contributed by atoms with van der Waals surface area (Å²) >= 11 is 0. The molecule has 2 nitrogen and oxygen atoms in total. The molecule has 0 amide bonds. The third kappa shape index (κ3) is 7.92. The lowest BCUT2D eigenvalue weighted by atomic mass is 10.2. The first kappa shape index (κ1) is 9.92. The maximum absolute atomic E-state index is 3.28. The summed E-state index contributed by atoms with van der Waals surface area (Å²) in [5.74, 6) is 0. The zero-order chi connectivity index (χ0) is 7.66. The van der Waals surface area contributed by atoms with E-state index in [9.17, 15) is 0 Å². The predicted molar refractivity (Wildman–Crippen MR) is 46.3 cm³/mol. The van der Waals surface area contributed by atoms with Gasteiger partial charge in [-0.25, -0.2) is 0 Å². The highest BCUT2D eigenvalue weighted by Crippen LogP contribution is 1.96. The molecule has 1 aliphatic rings. The average Bonchev–Trinajstić information content (AvgIpc) is 2.08. The fraction of sp³-hybridized carbons (Fsp3) is 1.00. The Kier molecular flexibility index (Phi) is 8.85. The molecule has 0 bridgehead atoms. The first-order valence-corrected chi connectivity index (χ1v) is 4.27. The molecule has 0 atom stereocenters. The molecule has 2 N–H and O–H groups in total. The van der Waals surface area contributed by atoms with Crippen molar-refractivity contribution >= 4 is 0 Å². The third-order valence-electron chi connectivity index (χ3n) is 1.56. The minimum atomic E-state index is 1.07. The van der Waals surface area contributed by atoms with Crippen molar-refractivity contribution in [1.82, 2.24) is 10.6 Å². The fourth-order valence-corrected chi connectivity index (χ4v) is 0.802. The Balaban J connectivity index is 0.000000180. The van der Waals surface area contributed by atoms with Crippen LogP contribution in [0.3, 0.4) is 0 Å². The second-order valence-corrected chi connectivity index (χ2v) is 2.52. The molecule has 1 aliphatic heterocycles. The van der Waals surface area contributed by atoms with Gasteiger partial charge in [0.2, 0.25) is 0 Å². The molecule has 2 heteroatoms. The standard InChI is InChI=1S/C5H11N.C3H9N/c1-2-4-6-5-3-1;1-3-4-2/h6H,1-5H2;4H,3H2,1-2H3. The Labute approximate surface area is 64.4 Å². The van der Waals surface area contributed by atoms with Crippen LogP contribution >= 0.6 is 0 Å². The van der Waals surface area contributed by atoms with Gasteiger partial charge in [0.25, 0.3) is 0 Å². The lowest BCUT2D eigenvalue weighted by molar-refractivity contribution is 0.520. The van der Waals surface area contributed by atoms with Crippen molar-refractivity contribution in [3.05, 3.63) is 0 Å². The van der Waals surface area contributed by atoms with Crippen LogP contribution < -0.4 is 10.6 Å². The van der Waals surface area contributed by atoms with Crippen molar-refractivity contribution in [3.8, 4) is 0 Å². The Bertz CT molecular complexity index is 37.7. The summed E-state index contributed by atoms with van der Waals surface area (Å²) in [5.41, 5.74) is 0. The van der Waals surface area contributed by atoms with E-state index in [2.05, 4.69) is 17.6 Å². The highest BCUT2D eigenvalue weighted by molar-refractivity contribution is 4.55. The van der Waals surface area contributed by atoms with Crippen LogP contribution in [0.2, 0.25) is 0 Å². The van der Waals surface area contributed by atoms with Crippen LogP contribution in [-0.4, -0.2) is 26.7 Å². The summed E-state index contributed by atoms with van der Waals surface area (Å²) in [6.45, 7) is 5.64. The molecule has 0 aliphatic carbocycles. The van der Waals surface area contributed by atoms with Crippen molar-refractivity contribution in [1.29, 1.82) is 0 Å². The molecule has 0 spiro atoms. The van der Waals surface area contributed by atoms with E-state index < -0.39 is 0 Å². The van der Waals surface area contributed by atoms with E-state index >= 15 is 0 Å². The first-order chi connectivity index (χ1) is 4.91. The Morgan fingerprint density at radius 3 is 1.80 bits per heavy atom. The molecule has 0 saturated carbocycles. The largest absolute Gasteiger partial charge is 0.320 e. The normalized spacial score (nSPS) is 17.4. The van der Waals surface area contributed by atoms with Gasteiger partial charge in [0.05, 0.1) is 0 Å². The van der Waals surface area contributed by atoms with Gasteiger partial charge in [-0.1, -0.05) is 13.3 Å².